The summed E-state index contributed by atoms with van der Waals surface area (Å²) >= 11 is 11.8. The molecule has 0 radical (unpaired) electrons. The quantitative estimate of drug-likeness (QED) is 0.904. The molecule has 1 heterocycles. The number of carbonyl (C=O) groups is 1. The number of aromatic nitrogens is 2. The van der Waals surface area contributed by atoms with Gasteiger partial charge in [-0.3, -0.25) is 9.59 Å². The first kappa shape index (κ1) is 15.5. The van der Waals surface area contributed by atoms with E-state index in [4.69, 9.17) is 28.3 Å². The third kappa shape index (κ3) is 3.83. The molecule has 0 atom stereocenters. The van der Waals surface area contributed by atoms with Gasteiger partial charge in [0.15, 0.2) is 0 Å². The zero-order chi connectivity index (χ0) is 15.6. The van der Waals surface area contributed by atoms with Gasteiger partial charge in [-0.1, -0.05) is 29.3 Å². The Morgan fingerprint density at radius 2 is 2.05 bits per heavy atom. The Morgan fingerprint density at radius 3 is 2.62 bits per heavy atom. The number of aromatic amines is 1. The van der Waals surface area contributed by atoms with Crippen LogP contribution in [0.5, 0.6) is 0 Å². The average Bonchev–Trinajstić information content (AvgIpc) is 2.38. The lowest BCUT2D eigenvalue weighted by atomic mass is 10.1. The molecule has 0 aliphatic rings. The number of hydrogen-bond donors (Lipinski definition) is 2. The number of halogens is 2. The molecule has 2 N–H and O–H groups in total. The largest absolute Gasteiger partial charge is 0.481 e. The van der Waals surface area contributed by atoms with Crippen LogP contribution in [0.4, 0.5) is 0 Å². The normalized spacial score (nSPS) is 10.6. The Bertz CT molecular complexity index is 756. The van der Waals surface area contributed by atoms with Gasteiger partial charge in [0.05, 0.1) is 16.5 Å². The van der Waals surface area contributed by atoms with Gasteiger partial charge < -0.3 is 10.1 Å². The Hall–Kier alpha value is -1.85. The lowest BCUT2D eigenvalue weighted by molar-refractivity contribution is -0.136. The van der Waals surface area contributed by atoms with E-state index >= 15 is 0 Å². The molecule has 1 aromatic carbocycles. The molecule has 0 fully saturated rings. The molecule has 0 bridgehead atoms. The lowest BCUT2D eigenvalue weighted by Crippen LogP contribution is -2.21. The molecule has 110 valence electrons. The maximum atomic E-state index is 11.9. The summed E-state index contributed by atoms with van der Waals surface area (Å²) < 4.78 is 0. The van der Waals surface area contributed by atoms with E-state index in [0.29, 0.717) is 28.0 Å². The van der Waals surface area contributed by atoms with Crippen molar-refractivity contribution < 1.29 is 9.90 Å². The van der Waals surface area contributed by atoms with Crippen molar-refractivity contribution in [2.24, 2.45) is 0 Å². The number of nitrogens with zero attached hydrogens (tertiary/aromatic N) is 1. The molecule has 2 aromatic rings. The molecular weight excluding hydrogens is 315 g/mol. The fraction of sp³-hybridized carbons (Fsp3) is 0.214. The third-order valence-corrected chi connectivity index (χ3v) is 3.69. The van der Waals surface area contributed by atoms with E-state index < -0.39 is 11.5 Å². The maximum Gasteiger partial charge on any atom is 0.308 e. The smallest absolute Gasteiger partial charge is 0.308 e. The predicted molar refractivity (Wildman–Crippen MR) is 80.2 cm³/mol. The summed E-state index contributed by atoms with van der Waals surface area (Å²) in [6.07, 6.45) is 0.0293. The number of hydrogen-bond acceptors (Lipinski definition) is 3. The Balaban J connectivity index is 2.31. The van der Waals surface area contributed by atoms with Crippen LogP contribution in [-0.2, 0) is 17.6 Å². The monoisotopic (exact) mass is 326 g/mol. The van der Waals surface area contributed by atoms with Crippen molar-refractivity contribution in [3.63, 3.8) is 0 Å². The molecule has 5 nitrogen and oxygen atoms in total. The second-order valence-corrected chi connectivity index (χ2v) is 5.39. The van der Waals surface area contributed by atoms with Crippen molar-refractivity contribution in [1.29, 1.82) is 0 Å². The minimum absolute atomic E-state index is 0.167. The first-order valence-corrected chi connectivity index (χ1v) is 6.87. The van der Waals surface area contributed by atoms with Gasteiger partial charge in [0.2, 0.25) is 0 Å². The summed E-state index contributed by atoms with van der Waals surface area (Å²) in [5.41, 5.74) is 0.995. The fourth-order valence-electron chi connectivity index (χ4n) is 1.95. The van der Waals surface area contributed by atoms with Crippen molar-refractivity contribution >= 4 is 29.2 Å². The number of carboxylic acids is 1. The highest BCUT2D eigenvalue weighted by Gasteiger charge is 2.12. The summed E-state index contributed by atoms with van der Waals surface area (Å²) in [5.74, 6) is -0.618. The van der Waals surface area contributed by atoms with Crippen LogP contribution in [0.25, 0.3) is 0 Å². The van der Waals surface area contributed by atoms with Gasteiger partial charge in [0.25, 0.3) is 5.56 Å². The molecular formula is C14H12Cl2N2O3. The predicted octanol–water partition coefficient (Wildman–Crippen LogP) is 2.60. The molecule has 0 aliphatic carbocycles. The zero-order valence-corrected chi connectivity index (χ0v) is 12.6. The van der Waals surface area contributed by atoms with E-state index in [9.17, 15) is 9.59 Å². The van der Waals surface area contributed by atoms with Gasteiger partial charge in [-0.2, -0.15) is 0 Å². The van der Waals surface area contributed by atoms with Crippen LogP contribution < -0.4 is 5.56 Å². The second kappa shape index (κ2) is 6.28. The highest BCUT2D eigenvalue weighted by molar-refractivity contribution is 6.42. The Morgan fingerprint density at radius 1 is 1.33 bits per heavy atom. The maximum absolute atomic E-state index is 11.9. The lowest BCUT2D eigenvalue weighted by Gasteiger charge is -2.07. The Kier molecular flexibility index (Phi) is 4.65. The van der Waals surface area contributed by atoms with Crippen molar-refractivity contribution in [3.8, 4) is 0 Å². The van der Waals surface area contributed by atoms with Crippen molar-refractivity contribution in [2.75, 3.05) is 0 Å². The highest BCUT2D eigenvalue weighted by atomic mass is 35.5. The SMILES string of the molecule is Cc1nc(Cc2ccc(Cl)c(Cl)c2)[nH]c(=O)c1CC(=O)O. The van der Waals surface area contributed by atoms with Crippen LogP contribution in [0.1, 0.15) is 22.6 Å². The topological polar surface area (TPSA) is 83.0 Å². The number of aliphatic carboxylic acids is 1. The molecule has 21 heavy (non-hydrogen) atoms. The third-order valence-electron chi connectivity index (χ3n) is 2.95. The van der Waals surface area contributed by atoms with Crippen molar-refractivity contribution in [1.82, 2.24) is 9.97 Å². The molecule has 1 aromatic heterocycles. The summed E-state index contributed by atoms with van der Waals surface area (Å²) in [5, 5.41) is 9.65. The number of benzene rings is 1. The van der Waals surface area contributed by atoms with E-state index in [0.717, 1.165) is 5.56 Å². The highest BCUT2D eigenvalue weighted by Crippen LogP contribution is 2.23. The Labute approximate surface area is 130 Å². The molecule has 0 unspecified atom stereocenters. The molecule has 7 heteroatoms. The standard InChI is InChI=1S/C14H12Cl2N2O3/c1-7-9(6-13(19)20)14(21)18-12(17-7)5-8-2-3-10(15)11(16)4-8/h2-4H,5-6H2,1H3,(H,19,20)(H,17,18,21). The second-order valence-electron chi connectivity index (χ2n) is 4.57. The first-order valence-electron chi connectivity index (χ1n) is 6.11. The number of carboxylic acid groups (broad SMARTS) is 1. The van der Waals surface area contributed by atoms with Gasteiger partial charge >= 0.3 is 5.97 Å². The molecule has 2 rings (SSSR count). The summed E-state index contributed by atoms with van der Waals surface area (Å²) in [4.78, 5) is 29.5. The van der Waals surface area contributed by atoms with E-state index in [1.807, 2.05) is 0 Å². The number of H-pyrrole nitrogens is 1. The van der Waals surface area contributed by atoms with Crippen LogP contribution in [0.2, 0.25) is 10.0 Å². The number of nitrogens with one attached hydrogen (secondary N) is 1. The average molecular weight is 327 g/mol. The summed E-state index contributed by atoms with van der Waals surface area (Å²) in [7, 11) is 0. The molecule has 0 saturated carbocycles. The van der Waals surface area contributed by atoms with Crippen LogP contribution in [0.15, 0.2) is 23.0 Å². The van der Waals surface area contributed by atoms with Crippen molar-refractivity contribution in [2.45, 2.75) is 19.8 Å². The summed E-state index contributed by atoms with van der Waals surface area (Å²) in [6.45, 7) is 1.62. The van der Waals surface area contributed by atoms with Crippen LogP contribution in [0.3, 0.4) is 0 Å². The number of aryl methyl sites for hydroxylation is 1. The minimum Gasteiger partial charge on any atom is -0.481 e. The summed E-state index contributed by atoms with van der Waals surface area (Å²) in [6, 6.07) is 5.15. The first-order chi connectivity index (χ1) is 9.86. The van der Waals surface area contributed by atoms with Crippen LogP contribution in [0, 0.1) is 6.92 Å². The van der Waals surface area contributed by atoms with Gasteiger partial charge in [0.1, 0.15) is 5.82 Å². The van der Waals surface area contributed by atoms with Crippen LogP contribution >= 0.6 is 23.2 Å². The van der Waals surface area contributed by atoms with E-state index in [2.05, 4.69) is 9.97 Å². The van der Waals surface area contributed by atoms with Gasteiger partial charge in [0, 0.05) is 17.7 Å². The van der Waals surface area contributed by atoms with E-state index in [1.165, 1.54) is 0 Å². The minimum atomic E-state index is -1.07. The zero-order valence-electron chi connectivity index (χ0n) is 11.1. The van der Waals surface area contributed by atoms with E-state index in [-0.39, 0.29) is 12.0 Å². The number of rotatable bonds is 4. The van der Waals surface area contributed by atoms with Crippen LogP contribution in [-0.4, -0.2) is 21.0 Å². The van der Waals surface area contributed by atoms with Gasteiger partial charge in [-0.05, 0) is 24.6 Å². The van der Waals surface area contributed by atoms with Gasteiger partial charge in [-0.25, -0.2) is 4.98 Å². The molecule has 0 aliphatic heterocycles. The molecule has 0 amide bonds. The van der Waals surface area contributed by atoms with Crippen molar-refractivity contribution in [3.05, 3.63) is 61.2 Å². The fourth-order valence-corrected chi connectivity index (χ4v) is 2.28. The molecule has 0 saturated heterocycles. The van der Waals surface area contributed by atoms with E-state index in [1.54, 1.807) is 25.1 Å². The van der Waals surface area contributed by atoms with Gasteiger partial charge in [-0.15, -0.1) is 0 Å². The molecule has 0 spiro atoms.